The molecule has 0 aromatic carbocycles. The van der Waals surface area contributed by atoms with Crippen molar-refractivity contribution in [1.29, 1.82) is 0 Å². The lowest BCUT2D eigenvalue weighted by Crippen LogP contribution is -2.28. The Morgan fingerprint density at radius 1 is 1.21 bits per heavy atom. The Bertz CT molecular complexity index is 745. The molecule has 1 N–H and O–H groups in total. The van der Waals surface area contributed by atoms with E-state index in [2.05, 4.69) is 62.8 Å². The van der Waals surface area contributed by atoms with E-state index in [-0.39, 0.29) is 5.91 Å². The Hall–Kier alpha value is -2.14. The molecule has 1 aliphatic rings. The number of nitrogens with zero attached hydrogens (tertiary/aromatic N) is 1. The van der Waals surface area contributed by atoms with Crippen LogP contribution in [-0.4, -0.2) is 48.2 Å². The van der Waals surface area contributed by atoms with Crippen LogP contribution in [0.3, 0.4) is 0 Å². The number of aliphatic hydroxyl groups is 1. The number of amides is 1. The molecule has 1 amide bonds. The zero-order chi connectivity index (χ0) is 24.8. The van der Waals surface area contributed by atoms with Crippen molar-refractivity contribution < 1.29 is 19.4 Å². The van der Waals surface area contributed by atoms with Gasteiger partial charge in [0.15, 0.2) is 6.10 Å². The fourth-order valence-corrected chi connectivity index (χ4v) is 3.76. The Morgan fingerprint density at radius 3 is 2.61 bits per heavy atom. The zero-order valence-corrected chi connectivity index (χ0v) is 21.6. The second-order valence-electron chi connectivity index (χ2n) is 9.76. The number of esters is 1. The third-order valence-electron chi connectivity index (χ3n) is 6.04. The quantitative estimate of drug-likeness (QED) is 0.192. The van der Waals surface area contributed by atoms with Crippen LogP contribution >= 0.6 is 0 Å². The molecule has 5 heteroatoms. The zero-order valence-electron chi connectivity index (χ0n) is 21.6. The van der Waals surface area contributed by atoms with Crippen LogP contribution in [0.1, 0.15) is 79.6 Å². The van der Waals surface area contributed by atoms with Crippen LogP contribution in [0.4, 0.5) is 0 Å². The molecule has 0 saturated heterocycles. The molecule has 0 fully saturated rings. The van der Waals surface area contributed by atoms with Crippen LogP contribution in [0.15, 0.2) is 47.1 Å². The number of methoxy groups -OCH3 is 1. The number of ether oxygens (including phenoxy) is 1. The number of carbonyl (C=O) groups is 2. The summed E-state index contributed by atoms with van der Waals surface area (Å²) in [7, 11) is 1.28. The molecular formula is C28H45NO4. The molecule has 33 heavy (non-hydrogen) atoms. The lowest BCUT2D eigenvalue weighted by atomic mass is 10.0. The maximum atomic E-state index is 12.5. The minimum atomic E-state index is -1.08. The Kier molecular flexibility index (Phi) is 13.7. The third-order valence-corrected chi connectivity index (χ3v) is 6.04. The van der Waals surface area contributed by atoms with E-state index in [4.69, 9.17) is 0 Å². The average Bonchev–Trinajstić information content (AvgIpc) is 3.10. The van der Waals surface area contributed by atoms with Crippen molar-refractivity contribution in [3.63, 3.8) is 0 Å². The second kappa shape index (κ2) is 15.7. The van der Waals surface area contributed by atoms with Crippen molar-refractivity contribution in [2.75, 3.05) is 20.2 Å². The first-order chi connectivity index (χ1) is 15.6. The monoisotopic (exact) mass is 459 g/mol. The SMILES string of the molecule is COC(=O)C(O)C/C(C)=C\CC[C@H](C)/C=C/C=C(\C)CCCC1=CCN(CCC(C)C)C1=O. The van der Waals surface area contributed by atoms with Gasteiger partial charge in [-0.05, 0) is 64.2 Å². The molecule has 0 saturated carbocycles. The van der Waals surface area contributed by atoms with Gasteiger partial charge < -0.3 is 14.7 Å². The predicted octanol–water partition coefficient (Wildman–Crippen LogP) is 5.76. The first kappa shape index (κ1) is 28.9. The molecule has 1 aliphatic heterocycles. The van der Waals surface area contributed by atoms with Gasteiger partial charge in [0.1, 0.15) is 0 Å². The maximum absolute atomic E-state index is 12.5. The van der Waals surface area contributed by atoms with Gasteiger partial charge in [0.25, 0.3) is 0 Å². The van der Waals surface area contributed by atoms with Crippen LogP contribution in [0, 0.1) is 11.8 Å². The van der Waals surface area contributed by atoms with Crippen LogP contribution in [0.2, 0.25) is 0 Å². The smallest absolute Gasteiger partial charge is 0.335 e. The molecule has 0 aromatic rings. The van der Waals surface area contributed by atoms with Gasteiger partial charge in [0, 0.05) is 25.1 Å². The summed E-state index contributed by atoms with van der Waals surface area (Å²) in [5.41, 5.74) is 3.31. The minimum absolute atomic E-state index is 0.232. The normalized spacial score (nSPS) is 17.2. The third kappa shape index (κ3) is 12.0. The van der Waals surface area contributed by atoms with E-state index < -0.39 is 12.1 Å². The van der Waals surface area contributed by atoms with E-state index >= 15 is 0 Å². The molecule has 0 radical (unpaired) electrons. The van der Waals surface area contributed by atoms with E-state index in [0.717, 1.165) is 62.8 Å². The number of allylic oxidation sites excluding steroid dienone is 5. The lowest BCUT2D eigenvalue weighted by molar-refractivity contribution is -0.150. The summed E-state index contributed by atoms with van der Waals surface area (Å²) < 4.78 is 4.54. The number of hydrogen-bond donors (Lipinski definition) is 1. The molecule has 5 nitrogen and oxygen atoms in total. The lowest BCUT2D eigenvalue weighted by Gasteiger charge is -2.17. The molecule has 1 rings (SSSR count). The van der Waals surface area contributed by atoms with Crippen LogP contribution in [0.25, 0.3) is 0 Å². The molecule has 0 spiro atoms. The van der Waals surface area contributed by atoms with Crippen molar-refractivity contribution in [2.45, 2.75) is 85.7 Å². The molecule has 186 valence electrons. The van der Waals surface area contributed by atoms with E-state index in [1.165, 1.54) is 12.7 Å². The molecule has 0 bridgehead atoms. The highest BCUT2D eigenvalue weighted by atomic mass is 16.5. The van der Waals surface area contributed by atoms with Crippen LogP contribution < -0.4 is 0 Å². The number of aliphatic hydroxyl groups excluding tert-OH is 1. The van der Waals surface area contributed by atoms with Crippen molar-refractivity contribution in [3.8, 4) is 0 Å². The maximum Gasteiger partial charge on any atom is 0.335 e. The van der Waals surface area contributed by atoms with Crippen molar-refractivity contribution in [2.24, 2.45) is 11.8 Å². The largest absolute Gasteiger partial charge is 0.467 e. The minimum Gasteiger partial charge on any atom is -0.467 e. The number of hydrogen-bond acceptors (Lipinski definition) is 4. The molecular weight excluding hydrogens is 414 g/mol. The standard InChI is InChI=1S/C28H45NO4/c1-21(2)16-18-29-19-17-25(27(29)31)15-9-13-23(4)11-7-10-22(3)12-8-14-24(5)20-26(30)28(32)33-6/h7,10-11,14,17,21-22,26,30H,8-9,12-13,15-16,18-20H2,1-6H3/b10-7+,23-11+,24-14-/t22-,26?/m1/s1. The summed E-state index contributed by atoms with van der Waals surface area (Å²) in [6.45, 7) is 12.3. The summed E-state index contributed by atoms with van der Waals surface area (Å²) in [4.78, 5) is 25.7. The van der Waals surface area contributed by atoms with Gasteiger partial charge in [-0.25, -0.2) is 4.79 Å². The summed E-state index contributed by atoms with van der Waals surface area (Å²) in [5, 5.41) is 9.70. The Balaban J connectivity index is 2.28. The van der Waals surface area contributed by atoms with Gasteiger partial charge in [-0.1, -0.05) is 62.3 Å². The Morgan fingerprint density at radius 2 is 1.94 bits per heavy atom. The van der Waals surface area contributed by atoms with Gasteiger partial charge in [-0.2, -0.15) is 0 Å². The average molecular weight is 460 g/mol. The fourth-order valence-electron chi connectivity index (χ4n) is 3.76. The van der Waals surface area contributed by atoms with Gasteiger partial charge >= 0.3 is 5.97 Å². The number of carbonyl (C=O) groups excluding carboxylic acids is 2. The van der Waals surface area contributed by atoms with Gasteiger partial charge in [-0.3, -0.25) is 4.79 Å². The summed E-state index contributed by atoms with van der Waals surface area (Å²) in [6, 6.07) is 0. The Labute approximate surface area is 201 Å². The van der Waals surface area contributed by atoms with Gasteiger partial charge in [0.2, 0.25) is 5.91 Å². The van der Waals surface area contributed by atoms with Crippen molar-refractivity contribution in [3.05, 3.63) is 47.1 Å². The summed E-state index contributed by atoms with van der Waals surface area (Å²) in [5.74, 6) is 0.714. The first-order valence-electron chi connectivity index (χ1n) is 12.4. The highest BCUT2D eigenvalue weighted by Gasteiger charge is 2.22. The van der Waals surface area contributed by atoms with Gasteiger partial charge in [-0.15, -0.1) is 0 Å². The highest BCUT2D eigenvalue weighted by Crippen LogP contribution is 2.20. The molecule has 0 aliphatic carbocycles. The first-order valence-corrected chi connectivity index (χ1v) is 12.4. The summed E-state index contributed by atoms with van der Waals surface area (Å²) in [6.07, 6.45) is 15.8. The van der Waals surface area contributed by atoms with E-state index in [1.807, 2.05) is 11.8 Å². The van der Waals surface area contributed by atoms with E-state index in [9.17, 15) is 14.7 Å². The van der Waals surface area contributed by atoms with Crippen LogP contribution in [-0.2, 0) is 14.3 Å². The van der Waals surface area contributed by atoms with Crippen molar-refractivity contribution >= 4 is 11.9 Å². The van der Waals surface area contributed by atoms with E-state index in [0.29, 0.717) is 18.3 Å². The molecule has 1 unspecified atom stereocenters. The highest BCUT2D eigenvalue weighted by molar-refractivity contribution is 5.95. The number of rotatable bonds is 15. The van der Waals surface area contributed by atoms with Gasteiger partial charge in [0.05, 0.1) is 7.11 Å². The molecule has 1 heterocycles. The second-order valence-corrected chi connectivity index (χ2v) is 9.76. The topological polar surface area (TPSA) is 66.8 Å². The van der Waals surface area contributed by atoms with Crippen LogP contribution in [0.5, 0.6) is 0 Å². The molecule has 0 aromatic heterocycles. The predicted molar refractivity (Wildman–Crippen MR) is 136 cm³/mol. The van der Waals surface area contributed by atoms with E-state index in [1.54, 1.807) is 0 Å². The van der Waals surface area contributed by atoms with Crippen molar-refractivity contribution in [1.82, 2.24) is 4.90 Å². The fraction of sp³-hybridized carbons (Fsp3) is 0.643. The molecule has 2 atom stereocenters. The summed E-state index contributed by atoms with van der Waals surface area (Å²) >= 11 is 0.